The lowest BCUT2D eigenvalue weighted by Crippen LogP contribution is -2.51. The van der Waals surface area contributed by atoms with Crippen LogP contribution in [0.15, 0.2) is 58.0 Å². The van der Waals surface area contributed by atoms with Crippen molar-refractivity contribution in [2.24, 2.45) is 27.2 Å². The van der Waals surface area contributed by atoms with Crippen molar-refractivity contribution in [2.75, 3.05) is 0 Å². The topological polar surface area (TPSA) is 63.1 Å². The number of hydrogen-bond acceptors (Lipinski definition) is 4. The molecule has 1 aliphatic heterocycles. The first-order valence-corrected chi connectivity index (χ1v) is 8.85. The number of nitrogens with zero attached hydrogens (tertiary/aromatic N) is 4. The van der Waals surface area contributed by atoms with Gasteiger partial charge in [0, 0.05) is 16.9 Å². The minimum absolute atomic E-state index is 0.107. The predicted octanol–water partition coefficient (Wildman–Crippen LogP) is 5.31. The number of benzene rings is 2. The maximum atomic E-state index is 6.43. The van der Waals surface area contributed by atoms with Crippen LogP contribution in [0.1, 0.15) is 25.0 Å². The number of rotatable bonds is 5. The van der Waals surface area contributed by atoms with Crippen molar-refractivity contribution in [3.8, 4) is 0 Å². The molecule has 0 saturated carbocycles. The smallest absolute Gasteiger partial charge is 0.334 e. The maximum Gasteiger partial charge on any atom is 0.354 e. The minimum atomic E-state index is -0.107. The van der Waals surface area contributed by atoms with Crippen LogP contribution in [0, 0.1) is 5.92 Å². The summed E-state index contributed by atoms with van der Waals surface area (Å²) in [6, 6.07) is 13.8. The number of quaternary nitrogens is 1. The molecule has 0 fully saturated rings. The summed E-state index contributed by atoms with van der Waals surface area (Å²) >= 11 is 12.6. The fraction of sp³-hybridized carbons (Fsp3) is 0.278. The van der Waals surface area contributed by atoms with Crippen molar-refractivity contribution in [1.29, 1.82) is 0 Å². The fourth-order valence-corrected chi connectivity index (χ4v) is 3.43. The lowest BCUT2D eigenvalue weighted by Gasteiger charge is -2.26. The zero-order chi connectivity index (χ0) is 18.0. The molecule has 0 spiro atoms. The van der Waals surface area contributed by atoms with Crippen molar-refractivity contribution < 1.29 is 0 Å². The van der Waals surface area contributed by atoms with Gasteiger partial charge in [-0.25, -0.2) is 0 Å². The monoisotopic (exact) mass is 376 g/mol. The van der Waals surface area contributed by atoms with Gasteiger partial charge in [-0.1, -0.05) is 72.0 Å². The first kappa shape index (κ1) is 17.9. The molecule has 130 valence electrons. The van der Waals surface area contributed by atoms with Gasteiger partial charge in [0.15, 0.2) is 5.69 Å². The second-order valence-corrected chi connectivity index (χ2v) is 7.34. The van der Waals surface area contributed by atoms with E-state index in [1.54, 1.807) is 6.07 Å². The van der Waals surface area contributed by atoms with E-state index in [2.05, 4.69) is 41.5 Å². The van der Waals surface area contributed by atoms with Crippen LogP contribution in [0.5, 0.6) is 0 Å². The van der Waals surface area contributed by atoms with Crippen LogP contribution in [0.3, 0.4) is 0 Å². The highest BCUT2D eigenvalue weighted by Gasteiger charge is 2.43. The third-order valence-electron chi connectivity index (χ3n) is 4.10. The largest absolute Gasteiger partial charge is 0.354 e. The third-order valence-corrected chi connectivity index (χ3v) is 4.90. The molecule has 0 unspecified atom stereocenters. The van der Waals surface area contributed by atoms with Crippen molar-refractivity contribution in [3.05, 3.63) is 63.6 Å². The number of nitrogens with two attached hydrogens (primary N) is 1. The van der Waals surface area contributed by atoms with E-state index in [0.717, 1.165) is 12.0 Å². The Balaban J connectivity index is 2.03. The average Bonchev–Trinajstić information content (AvgIpc) is 2.91. The number of guanidine groups is 1. The van der Waals surface area contributed by atoms with Crippen molar-refractivity contribution in [3.63, 3.8) is 0 Å². The van der Waals surface area contributed by atoms with Gasteiger partial charge in [-0.15, -0.1) is 0 Å². The zero-order valence-corrected chi connectivity index (χ0v) is 15.7. The Morgan fingerprint density at radius 3 is 2.48 bits per heavy atom. The van der Waals surface area contributed by atoms with E-state index in [1.807, 2.05) is 24.3 Å². The molecule has 1 aliphatic rings. The van der Waals surface area contributed by atoms with Crippen LogP contribution >= 0.6 is 23.2 Å². The molecule has 5 nitrogen and oxygen atoms in total. The molecule has 0 radical (unpaired) electrons. The van der Waals surface area contributed by atoms with E-state index in [9.17, 15) is 0 Å². The Morgan fingerprint density at radius 1 is 1.08 bits per heavy atom. The van der Waals surface area contributed by atoms with Crippen molar-refractivity contribution >= 4 is 34.8 Å². The number of hydrogen-bond donors (Lipinski definition) is 1. The van der Waals surface area contributed by atoms with Gasteiger partial charge < -0.3 is 5.73 Å². The molecule has 0 bridgehead atoms. The molecule has 0 amide bonds. The summed E-state index contributed by atoms with van der Waals surface area (Å²) in [6.07, 6.45) is 1.01. The second-order valence-electron chi connectivity index (χ2n) is 6.56. The van der Waals surface area contributed by atoms with Gasteiger partial charge in [0.1, 0.15) is 11.6 Å². The Kier molecular flexibility index (Phi) is 5.08. The highest BCUT2D eigenvalue weighted by molar-refractivity contribution is 6.43. The Labute approximate surface area is 157 Å². The summed E-state index contributed by atoms with van der Waals surface area (Å²) in [5, 5.41) is 12.9. The summed E-state index contributed by atoms with van der Waals surface area (Å²) in [4.78, 5) is 0. The number of halogens is 2. The molecule has 25 heavy (non-hydrogen) atoms. The summed E-state index contributed by atoms with van der Waals surface area (Å²) in [5.74, 6) is 0.845. The van der Waals surface area contributed by atoms with E-state index in [1.165, 1.54) is 5.56 Å². The molecule has 2 aromatic carbocycles. The van der Waals surface area contributed by atoms with Gasteiger partial charge in [0.25, 0.3) is 0 Å². The summed E-state index contributed by atoms with van der Waals surface area (Å²) in [5.41, 5.74) is 9.17. The van der Waals surface area contributed by atoms with E-state index < -0.39 is 0 Å². The Morgan fingerprint density at radius 2 is 1.80 bits per heavy atom. The fourth-order valence-electron chi connectivity index (χ4n) is 2.99. The van der Waals surface area contributed by atoms with Crippen molar-refractivity contribution in [1.82, 2.24) is 4.59 Å². The molecule has 1 heterocycles. The molecule has 2 N–H and O–H groups in total. The van der Waals surface area contributed by atoms with Gasteiger partial charge in [0.2, 0.25) is 0 Å². The predicted molar refractivity (Wildman–Crippen MR) is 103 cm³/mol. The molecule has 1 atom stereocenters. The molecule has 7 heteroatoms. The molecule has 0 saturated heterocycles. The van der Waals surface area contributed by atoms with E-state index >= 15 is 0 Å². The third kappa shape index (κ3) is 3.54. The summed E-state index contributed by atoms with van der Waals surface area (Å²) in [6.45, 7) is 4.86. The van der Waals surface area contributed by atoms with Crippen molar-refractivity contribution in [2.45, 2.75) is 26.8 Å². The Hall–Kier alpha value is -1.95. The highest BCUT2D eigenvalue weighted by atomic mass is 35.5. The SMILES string of the molecule is CC(C)Cc1cccc(C[N@+]2(c3cccc(Cl)c3Cl)N=NN=C2N)c1. The standard InChI is InChI=1S/C18H20Cl2N5/c1-12(2)9-13-5-3-6-14(10-13)11-25(18(21)22-23-24-25)16-8-4-7-15(19)17(16)20/h3-8,10,12H,9,11H2,1-2H3,(H2,21,22,24)/q+1/t25-/m1/s1. The lowest BCUT2D eigenvalue weighted by molar-refractivity contribution is 0.414. The van der Waals surface area contributed by atoms with Crippen LogP contribution in [0.25, 0.3) is 0 Å². The molecule has 0 aliphatic carbocycles. The van der Waals surface area contributed by atoms with E-state index in [-0.39, 0.29) is 10.6 Å². The molecular formula is C18H20Cl2N5+. The quantitative estimate of drug-likeness (QED) is 0.705. The van der Waals surface area contributed by atoms with Crippen LogP contribution in [0.4, 0.5) is 5.69 Å². The maximum absolute atomic E-state index is 6.43. The highest BCUT2D eigenvalue weighted by Crippen LogP contribution is 2.39. The van der Waals surface area contributed by atoms with Gasteiger partial charge in [0.05, 0.1) is 10.2 Å². The van der Waals surface area contributed by atoms with Crippen LogP contribution in [-0.2, 0) is 13.0 Å². The molecule has 3 rings (SSSR count). The molecular weight excluding hydrogens is 357 g/mol. The van der Waals surface area contributed by atoms with Gasteiger partial charge in [-0.05, 0) is 29.1 Å². The van der Waals surface area contributed by atoms with E-state index in [4.69, 9.17) is 28.9 Å². The summed E-state index contributed by atoms with van der Waals surface area (Å²) in [7, 11) is 0. The van der Waals surface area contributed by atoms with Crippen LogP contribution in [-0.4, -0.2) is 5.96 Å². The minimum Gasteiger partial charge on any atom is -0.334 e. The molecule has 2 aromatic rings. The summed E-state index contributed by atoms with van der Waals surface area (Å²) < 4.78 is -0.107. The van der Waals surface area contributed by atoms with E-state index in [0.29, 0.717) is 28.2 Å². The van der Waals surface area contributed by atoms with Gasteiger partial charge >= 0.3 is 5.96 Å². The first-order valence-electron chi connectivity index (χ1n) is 8.09. The lowest BCUT2D eigenvalue weighted by atomic mass is 10.0. The average molecular weight is 377 g/mol. The molecule has 0 aromatic heterocycles. The normalized spacial score (nSPS) is 19.5. The zero-order valence-electron chi connectivity index (χ0n) is 14.2. The first-order chi connectivity index (χ1) is 11.9. The van der Waals surface area contributed by atoms with Gasteiger partial charge in [-0.3, -0.25) is 0 Å². The van der Waals surface area contributed by atoms with Gasteiger partial charge in [-0.2, -0.15) is 0 Å². The van der Waals surface area contributed by atoms with Crippen LogP contribution in [0.2, 0.25) is 10.0 Å². The van der Waals surface area contributed by atoms with Crippen LogP contribution < -0.4 is 10.3 Å². The Bertz CT molecular complexity index is 847. The second kappa shape index (κ2) is 7.12.